The molecule has 1 atom stereocenters. The molecular weight excluding hydrogens is 546 g/mol. The zero-order valence-corrected chi connectivity index (χ0v) is 25.1. The summed E-state index contributed by atoms with van der Waals surface area (Å²) in [5, 5.41) is 3.09. The van der Waals surface area contributed by atoms with Gasteiger partial charge in [-0.3, -0.25) is 9.59 Å². The maximum atomic E-state index is 14.1. The first-order chi connectivity index (χ1) is 20.3. The molecule has 0 saturated heterocycles. The highest BCUT2D eigenvalue weighted by Gasteiger charge is 2.32. The van der Waals surface area contributed by atoms with Crippen molar-refractivity contribution in [2.75, 3.05) is 19.3 Å². The number of nitrogens with one attached hydrogen (secondary N) is 1. The van der Waals surface area contributed by atoms with Gasteiger partial charge in [0, 0.05) is 26.1 Å². The lowest BCUT2D eigenvalue weighted by Gasteiger charge is -2.33. The zero-order valence-electron chi connectivity index (χ0n) is 24.3. The molecule has 3 aromatic rings. The monoisotopic (exact) mass is 587 g/mol. The van der Waals surface area contributed by atoms with Crippen LogP contribution in [-0.4, -0.2) is 54.8 Å². The molecule has 2 amide bonds. The Hall–Kier alpha value is -3.75. The van der Waals surface area contributed by atoms with Crippen LogP contribution in [0, 0.1) is 0 Å². The second kappa shape index (κ2) is 15.5. The van der Waals surface area contributed by atoms with Crippen LogP contribution in [0.4, 0.5) is 0 Å². The standard InChI is InChI=1S/C34H41N3O4S/c1-42(40,41)36(25-30-18-10-4-11-19-30)27-33(38)37(26-31-20-12-5-13-21-31)32(24-29-16-8-3-9-17-29)34(39)35-23-22-28-14-6-2-7-15-28/h3-5,8-14,16-21,32H,2,6-7,15,22-27H2,1H3,(H,35,39). The van der Waals surface area contributed by atoms with Gasteiger partial charge >= 0.3 is 0 Å². The number of rotatable bonds is 14. The van der Waals surface area contributed by atoms with Crippen LogP contribution in [0.5, 0.6) is 0 Å². The molecule has 0 bridgehead atoms. The Morgan fingerprint density at radius 1 is 0.810 bits per heavy atom. The van der Waals surface area contributed by atoms with E-state index in [0.717, 1.165) is 42.2 Å². The van der Waals surface area contributed by atoms with Gasteiger partial charge in [-0.1, -0.05) is 103 Å². The SMILES string of the molecule is CS(=O)(=O)N(CC(=O)N(Cc1ccccc1)C(Cc1ccccc1)C(=O)NCCC1=CCCCC1)Cc1ccccc1. The number of hydrogen-bond acceptors (Lipinski definition) is 4. The van der Waals surface area contributed by atoms with Crippen molar-refractivity contribution in [2.24, 2.45) is 0 Å². The Morgan fingerprint density at radius 2 is 1.38 bits per heavy atom. The van der Waals surface area contributed by atoms with Crippen LogP contribution >= 0.6 is 0 Å². The van der Waals surface area contributed by atoms with Crippen LogP contribution in [0.2, 0.25) is 0 Å². The van der Waals surface area contributed by atoms with Gasteiger partial charge in [0.1, 0.15) is 6.04 Å². The Labute approximate surface area is 250 Å². The van der Waals surface area contributed by atoms with E-state index in [1.165, 1.54) is 22.7 Å². The van der Waals surface area contributed by atoms with Crippen molar-refractivity contribution in [3.05, 3.63) is 119 Å². The fraction of sp³-hybridized carbons (Fsp3) is 0.353. The number of allylic oxidation sites excluding steroid dienone is 1. The van der Waals surface area contributed by atoms with Crippen molar-refractivity contribution < 1.29 is 18.0 Å². The fourth-order valence-corrected chi connectivity index (χ4v) is 5.98. The van der Waals surface area contributed by atoms with Gasteiger partial charge in [0.25, 0.3) is 0 Å². The van der Waals surface area contributed by atoms with Gasteiger partial charge < -0.3 is 10.2 Å². The minimum absolute atomic E-state index is 0.0647. The molecule has 4 rings (SSSR count). The molecule has 0 spiro atoms. The van der Waals surface area contributed by atoms with Gasteiger partial charge in [0.2, 0.25) is 21.8 Å². The van der Waals surface area contributed by atoms with Crippen molar-refractivity contribution in [3.63, 3.8) is 0 Å². The molecule has 1 aliphatic carbocycles. The van der Waals surface area contributed by atoms with Gasteiger partial charge in [-0.25, -0.2) is 8.42 Å². The number of sulfonamides is 1. The molecule has 1 aliphatic rings. The van der Waals surface area contributed by atoms with Gasteiger partial charge in [0.15, 0.2) is 0 Å². The summed E-state index contributed by atoms with van der Waals surface area (Å²) >= 11 is 0. The second-order valence-corrected chi connectivity index (χ2v) is 12.9. The average Bonchev–Trinajstić information content (AvgIpc) is 3.00. The largest absolute Gasteiger partial charge is 0.354 e. The molecule has 7 nitrogen and oxygen atoms in total. The molecule has 3 aromatic carbocycles. The Morgan fingerprint density at radius 3 is 1.93 bits per heavy atom. The molecular formula is C34H41N3O4S. The molecule has 1 unspecified atom stereocenters. The lowest BCUT2D eigenvalue weighted by molar-refractivity contribution is -0.141. The van der Waals surface area contributed by atoms with E-state index < -0.39 is 22.0 Å². The van der Waals surface area contributed by atoms with Crippen LogP contribution in [0.15, 0.2) is 103 Å². The molecule has 0 aliphatic heterocycles. The van der Waals surface area contributed by atoms with E-state index in [-0.39, 0.29) is 25.5 Å². The predicted molar refractivity (Wildman–Crippen MR) is 167 cm³/mol. The number of carbonyl (C=O) groups excluding carboxylic acids is 2. The normalized spacial score (nSPS) is 14.2. The highest BCUT2D eigenvalue weighted by Crippen LogP contribution is 2.20. The summed E-state index contributed by atoms with van der Waals surface area (Å²) in [7, 11) is -3.72. The second-order valence-electron chi connectivity index (χ2n) is 10.9. The molecule has 42 heavy (non-hydrogen) atoms. The smallest absolute Gasteiger partial charge is 0.243 e. The highest BCUT2D eigenvalue weighted by molar-refractivity contribution is 7.88. The quantitative estimate of drug-likeness (QED) is 0.266. The number of amides is 2. The van der Waals surface area contributed by atoms with E-state index in [4.69, 9.17) is 0 Å². The van der Waals surface area contributed by atoms with Crippen LogP contribution in [0.3, 0.4) is 0 Å². The van der Waals surface area contributed by atoms with E-state index >= 15 is 0 Å². The Kier molecular flexibility index (Phi) is 11.5. The summed E-state index contributed by atoms with van der Waals surface area (Å²) in [5.74, 6) is -0.667. The molecule has 0 aromatic heterocycles. The summed E-state index contributed by atoms with van der Waals surface area (Å²) in [6.45, 7) is 0.368. The predicted octanol–water partition coefficient (Wildman–Crippen LogP) is 5.10. The third-order valence-corrected chi connectivity index (χ3v) is 8.78. The first-order valence-electron chi connectivity index (χ1n) is 14.6. The van der Waals surface area contributed by atoms with Crippen LogP contribution in [0.1, 0.15) is 48.8 Å². The highest BCUT2D eigenvalue weighted by atomic mass is 32.2. The van der Waals surface area contributed by atoms with Crippen molar-refractivity contribution in [2.45, 2.75) is 57.7 Å². The number of nitrogens with zero attached hydrogens (tertiary/aromatic N) is 2. The number of hydrogen-bond donors (Lipinski definition) is 1. The summed E-state index contributed by atoms with van der Waals surface area (Å²) < 4.78 is 26.8. The summed E-state index contributed by atoms with van der Waals surface area (Å²) in [4.78, 5) is 29.5. The minimum atomic E-state index is -3.72. The van der Waals surface area contributed by atoms with Crippen LogP contribution < -0.4 is 5.32 Å². The van der Waals surface area contributed by atoms with E-state index in [9.17, 15) is 18.0 Å². The van der Waals surface area contributed by atoms with Crippen molar-refractivity contribution in [3.8, 4) is 0 Å². The van der Waals surface area contributed by atoms with Crippen molar-refractivity contribution in [1.82, 2.24) is 14.5 Å². The van der Waals surface area contributed by atoms with E-state index in [1.807, 2.05) is 91.0 Å². The van der Waals surface area contributed by atoms with E-state index in [0.29, 0.717) is 13.0 Å². The molecule has 1 N–H and O–H groups in total. The van der Waals surface area contributed by atoms with Gasteiger partial charge in [-0.15, -0.1) is 0 Å². The molecule has 0 radical (unpaired) electrons. The maximum absolute atomic E-state index is 14.1. The Bertz CT molecular complexity index is 1430. The third-order valence-electron chi connectivity index (χ3n) is 7.58. The topological polar surface area (TPSA) is 86.8 Å². The van der Waals surface area contributed by atoms with Crippen LogP contribution in [0.25, 0.3) is 0 Å². The lowest BCUT2D eigenvalue weighted by atomic mass is 9.97. The lowest BCUT2D eigenvalue weighted by Crippen LogP contribution is -2.53. The Balaban J connectivity index is 1.61. The summed E-state index contributed by atoms with van der Waals surface area (Å²) in [6, 6.07) is 27.5. The molecule has 0 heterocycles. The summed E-state index contributed by atoms with van der Waals surface area (Å²) in [5.41, 5.74) is 3.92. The minimum Gasteiger partial charge on any atom is -0.354 e. The summed E-state index contributed by atoms with van der Waals surface area (Å²) in [6.07, 6.45) is 9.01. The number of carbonyl (C=O) groups is 2. The van der Waals surface area contributed by atoms with Gasteiger partial charge in [-0.05, 0) is 48.8 Å². The third kappa shape index (κ3) is 9.67. The van der Waals surface area contributed by atoms with Crippen molar-refractivity contribution >= 4 is 21.8 Å². The first kappa shape index (κ1) is 31.2. The van der Waals surface area contributed by atoms with Gasteiger partial charge in [-0.2, -0.15) is 4.31 Å². The molecule has 0 saturated carbocycles. The fourth-order valence-electron chi connectivity index (χ4n) is 5.25. The zero-order chi connectivity index (χ0) is 29.8. The van der Waals surface area contributed by atoms with Gasteiger partial charge in [0.05, 0.1) is 12.8 Å². The van der Waals surface area contributed by atoms with Crippen LogP contribution in [-0.2, 0) is 39.1 Å². The first-order valence-corrected chi connectivity index (χ1v) is 16.5. The maximum Gasteiger partial charge on any atom is 0.243 e. The molecule has 222 valence electrons. The van der Waals surface area contributed by atoms with E-state index in [2.05, 4.69) is 11.4 Å². The average molecular weight is 588 g/mol. The van der Waals surface area contributed by atoms with Crippen molar-refractivity contribution in [1.29, 1.82) is 0 Å². The number of benzene rings is 3. The molecule has 0 fully saturated rings. The molecule has 8 heteroatoms. The van der Waals surface area contributed by atoms with E-state index in [1.54, 1.807) is 4.90 Å².